The summed E-state index contributed by atoms with van der Waals surface area (Å²) in [6.45, 7) is 16.6. The molecule has 1 heterocycles. The molecule has 0 spiro atoms. The molecule has 1 rings (SSSR count). The zero-order valence-corrected chi connectivity index (χ0v) is 13.8. The molecule has 114 valence electrons. The molecule has 0 aromatic carbocycles. The Kier molecular flexibility index (Phi) is 7.33. The normalized spacial score (nSPS) is 26.1. The van der Waals surface area contributed by atoms with E-state index in [-0.39, 0.29) is 0 Å². The van der Waals surface area contributed by atoms with E-state index in [4.69, 9.17) is 0 Å². The Morgan fingerprint density at radius 3 is 2.63 bits per heavy atom. The van der Waals surface area contributed by atoms with Gasteiger partial charge in [-0.2, -0.15) is 0 Å². The van der Waals surface area contributed by atoms with Crippen LogP contribution in [-0.4, -0.2) is 62.2 Å². The fourth-order valence-electron chi connectivity index (χ4n) is 3.01. The second-order valence-electron chi connectivity index (χ2n) is 6.78. The highest BCUT2D eigenvalue weighted by Crippen LogP contribution is 2.24. The molecule has 0 amide bonds. The van der Waals surface area contributed by atoms with Crippen LogP contribution in [0.1, 0.15) is 47.0 Å². The van der Waals surface area contributed by atoms with E-state index in [1.165, 1.54) is 45.4 Å². The number of rotatable bonds is 7. The first-order valence-corrected chi connectivity index (χ1v) is 8.14. The van der Waals surface area contributed by atoms with Crippen molar-refractivity contribution < 1.29 is 0 Å². The number of nitrogens with one attached hydrogen (secondary N) is 1. The Bertz CT molecular complexity index is 244. The number of likely N-dealkylation sites (N-methyl/N-ethyl adjacent to an activating group) is 1. The van der Waals surface area contributed by atoms with Gasteiger partial charge in [-0.05, 0) is 58.3 Å². The van der Waals surface area contributed by atoms with E-state index in [1.54, 1.807) is 0 Å². The van der Waals surface area contributed by atoms with Gasteiger partial charge in [0.25, 0.3) is 0 Å². The molecule has 3 heteroatoms. The summed E-state index contributed by atoms with van der Waals surface area (Å²) in [4.78, 5) is 5.18. The van der Waals surface area contributed by atoms with Crippen LogP contribution in [0.5, 0.6) is 0 Å². The Labute approximate surface area is 120 Å². The zero-order valence-electron chi connectivity index (χ0n) is 13.8. The van der Waals surface area contributed by atoms with Crippen molar-refractivity contribution >= 4 is 0 Å². The van der Waals surface area contributed by atoms with E-state index in [1.807, 2.05) is 0 Å². The lowest BCUT2D eigenvalue weighted by molar-refractivity contribution is 0.120. The minimum Gasteiger partial charge on any atom is -0.316 e. The van der Waals surface area contributed by atoms with Crippen molar-refractivity contribution in [2.24, 2.45) is 5.41 Å². The lowest BCUT2D eigenvalue weighted by Gasteiger charge is -2.37. The zero-order chi connectivity index (χ0) is 14.3. The van der Waals surface area contributed by atoms with Crippen LogP contribution < -0.4 is 5.32 Å². The standard InChI is InChI=1S/C16H35N3/c1-6-9-17-13-16(4,7-2)14-19-11-8-10-18(5)12-15(19)3/h15,17H,6-14H2,1-5H3. The molecule has 3 nitrogen and oxygen atoms in total. The lowest BCUT2D eigenvalue weighted by Crippen LogP contribution is -2.47. The molecular weight excluding hydrogens is 234 g/mol. The van der Waals surface area contributed by atoms with Gasteiger partial charge in [-0.25, -0.2) is 0 Å². The quantitative estimate of drug-likeness (QED) is 0.716. The maximum absolute atomic E-state index is 3.62. The summed E-state index contributed by atoms with van der Waals surface area (Å²) >= 11 is 0. The molecular formula is C16H35N3. The van der Waals surface area contributed by atoms with Gasteiger partial charge in [0.1, 0.15) is 0 Å². The van der Waals surface area contributed by atoms with Crippen molar-refractivity contribution in [3.63, 3.8) is 0 Å². The highest BCUT2D eigenvalue weighted by molar-refractivity contribution is 4.84. The van der Waals surface area contributed by atoms with E-state index in [0.29, 0.717) is 11.5 Å². The predicted molar refractivity (Wildman–Crippen MR) is 84.7 cm³/mol. The summed E-state index contributed by atoms with van der Waals surface area (Å²) in [6.07, 6.45) is 3.79. The average molecular weight is 269 g/mol. The molecule has 1 aliphatic rings. The third-order valence-corrected chi connectivity index (χ3v) is 4.60. The monoisotopic (exact) mass is 269 g/mol. The van der Waals surface area contributed by atoms with Crippen LogP contribution in [0.2, 0.25) is 0 Å². The van der Waals surface area contributed by atoms with Crippen LogP contribution in [0.3, 0.4) is 0 Å². The van der Waals surface area contributed by atoms with Crippen LogP contribution in [-0.2, 0) is 0 Å². The van der Waals surface area contributed by atoms with Crippen molar-refractivity contribution in [1.29, 1.82) is 0 Å². The molecule has 2 atom stereocenters. The molecule has 1 N–H and O–H groups in total. The molecule has 1 fully saturated rings. The third-order valence-electron chi connectivity index (χ3n) is 4.60. The number of hydrogen-bond donors (Lipinski definition) is 1. The Balaban J connectivity index is 2.52. The smallest absolute Gasteiger partial charge is 0.0195 e. The highest BCUT2D eigenvalue weighted by atomic mass is 15.2. The summed E-state index contributed by atoms with van der Waals surface area (Å²) in [5.74, 6) is 0. The van der Waals surface area contributed by atoms with Crippen molar-refractivity contribution in [2.45, 2.75) is 53.0 Å². The van der Waals surface area contributed by atoms with E-state index in [9.17, 15) is 0 Å². The van der Waals surface area contributed by atoms with Crippen LogP contribution in [0, 0.1) is 5.41 Å². The van der Waals surface area contributed by atoms with Crippen molar-refractivity contribution in [3.8, 4) is 0 Å². The van der Waals surface area contributed by atoms with E-state index in [2.05, 4.69) is 49.9 Å². The first kappa shape index (κ1) is 16.9. The maximum Gasteiger partial charge on any atom is 0.0195 e. The molecule has 0 bridgehead atoms. The van der Waals surface area contributed by atoms with Gasteiger partial charge >= 0.3 is 0 Å². The molecule has 1 aliphatic heterocycles. The average Bonchev–Trinajstić information content (AvgIpc) is 2.52. The Morgan fingerprint density at radius 1 is 1.26 bits per heavy atom. The van der Waals surface area contributed by atoms with Crippen molar-refractivity contribution in [3.05, 3.63) is 0 Å². The molecule has 0 aliphatic carbocycles. The molecule has 0 saturated carbocycles. The molecule has 2 unspecified atom stereocenters. The molecule has 0 aromatic heterocycles. The molecule has 0 aromatic rings. The Morgan fingerprint density at radius 2 is 2.00 bits per heavy atom. The minimum absolute atomic E-state index is 0.409. The van der Waals surface area contributed by atoms with Gasteiger partial charge in [-0.1, -0.05) is 20.8 Å². The first-order chi connectivity index (χ1) is 9.00. The van der Waals surface area contributed by atoms with Gasteiger partial charge in [0.15, 0.2) is 0 Å². The minimum atomic E-state index is 0.409. The van der Waals surface area contributed by atoms with Gasteiger partial charge in [-0.15, -0.1) is 0 Å². The van der Waals surface area contributed by atoms with Crippen LogP contribution in [0.25, 0.3) is 0 Å². The van der Waals surface area contributed by atoms with Gasteiger partial charge < -0.3 is 10.2 Å². The van der Waals surface area contributed by atoms with E-state index >= 15 is 0 Å². The topological polar surface area (TPSA) is 18.5 Å². The van der Waals surface area contributed by atoms with Crippen molar-refractivity contribution in [1.82, 2.24) is 15.1 Å². The van der Waals surface area contributed by atoms with Crippen LogP contribution >= 0.6 is 0 Å². The predicted octanol–water partition coefficient (Wildman–Crippen LogP) is 2.43. The largest absolute Gasteiger partial charge is 0.316 e. The SMILES string of the molecule is CCCNCC(C)(CC)CN1CCCN(C)CC1C. The van der Waals surface area contributed by atoms with Crippen LogP contribution in [0.15, 0.2) is 0 Å². The lowest BCUT2D eigenvalue weighted by atomic mass is 9.86. The number of nitrogens with zero attached hydrogens (tertiary/aromatic N) is 2. The fraction of sp³-hybridized carbons (Fsp3) is 1.00. The summed E-state index contributed by atoms with van der Waals surface area (Å²) in [7, 11) is 2.25. The van der Waals surface area contributed by atoms with Gasteiger partial charge in [0.2, 0.25) is 0 Å². The summed E-state index contributed by atoms with van der Waals surface area (Å²) < 4.78 is 0. The first-order valence-electron chi connectivity index (χ1n) is 8.14. The highest BCUT2D eigenvalue weighted by Gasteiger charge is 2.28. The van der Waals surface area contributed by atoms with Gasteiger partial charge in [-0.3, -0.25) is 4.90 Å². The van der Waals surface area contributed by atoms with E-state index in [0.717, 1.165) is 13.1 Å². The summed E-state index contributed by atoms with van der Waals surface area (Å²) in [5.41, 5.74) is 0.409. The summed E-state index contributed by atoms with van der Waals surface area (Å²) in [5, 5.41) is 3.62. The van der Waals surface area contributed by atoms with E-state index < -0.39 is 0 Å². The maximum atomic E-state index is 3.62. The van der Waals surface area contributed by atoms with Crippen molar-refractivity contribution in [2.75, 3.05) is 46.3 Å². The Hall–Kier alpha value is -0.120. The second-order valence-corrected chi connectivity index (χ2v) is 6.78. The second kappa shape index (κ2) is 8.23. The fourth-order valence-corrected chi connectivity index (χ4v) is 3.01. The van der Waals surface area contributed by atoms with Gasteiger partial charge in [0, 0.05) is 25.7 Å². The third kappa shape index (κ3) is 5.80. The number of hydrogen-bond acceptors (Lipinski definition) is 3. The summed E-state index contributed by atoms with van der Waals surface area (Å²) in [6, 6.07) is 0.685. The molecule has 1 saturated heterocycles. The molecule has 0 radical (unpaired) electrons. The van der Waals surface area contributed by atoms with Gasteiger partial charge in [0.05, 0.1) is 0 Å². The van der Waals surface area contributed by atoms with Crippen LogP contribution in [0.4, 0.5) is 0 Å². The molecule has 19 heavy (non-hydrogen) atoms.